The minimum absolute atomic E-state index is 0.0353. The molecular formula is C29H33F3N6O3S2. The number of thiophene rings is 1. The van der Waals surface area contributed by atoms with E-state index in [1.807, 2.05) is 17.0 Å². The lowest BCUT2D eigenvalue weighted by atomic mass is 10.1. The minimum Gasteiger partial charge on any atom is -0.378 e. The molecule has 9 nitrogen and oxygen atoms in total. The van der Waals surface area contributed by atoms with Crippen LogP contribution in [0.1, 0.15) is 41.7 Å². The van der Waals surface area contributed by atoms with E-state index in [0.29, 0.717) is 43.1 Å². The fourth-order valence-electron chi connectivity index (χ4n) is 5.98. The predicted molar refractivity (Wildman–Crippen MR) is 159 cm³/mol. The van der Waals surface area contributed by atoms with Crippen molar-refractivity contribution in [2.75, 3.05) is 55.4 Å². The number of anilines is 3. The number of benzene rings is 1. The van der Waals surface area contributed by atoms with E-state index >= 15 is 0 Å². The Balaban J connectivity index is 1.23. The normalized spacial score (nSPS) is 23.0. The molecule has 1 aliphatic carbocycles. The van der Waals surface area contributed by atoms with Gasteiger partial charge < -0.3 is 20.3 Å². The summed E-state index contributed by atoms with van der Waals surface area (Å²) in [7, 11) is -3.67. The van der Waals surface area contributed by atoms with E-state index in [-0.39, 0.29) is 33.2 Å². The summed E-state index contributed by atoms with van der Waals surface area (Å²) in [5, 5.41) is 6.65. The largest absolute Gasteiger partial charge is 0.420 e. The van der Waals surface area contributed by atoms with Crippen LogP contribution in [0.4, 0.5) is 30.5 Å². The van der Waals surface area contributed by atoms with Crippen molar-refractivity contribution in [3.8, 4) is 10.6 Å². The Labute approximate surface area is 252 Å². The molecule has 0 amide bonds. The maximum atomic E-state index is 14.2. The quantitative estimate of drug-likeness (QED) is 0.402. The van der Waals surface area contributed by atoms with Crippen molar-refractivity contribution in [1.29, 1.82) is 0 Å². The Morgan fingerprint density at radius 1 is 1.16 bits per heavy atom. The van der Waals surface area contributed by atoms with E-state index in [4.69, 9.17) is 4.74 Å². The third-order valence-electron chi connectivity index (χ3n) is 8.60. The number of nitrogens with one attached hydrogen (secondary N) is 2. The number of aromatic nitrogens is 2. The van der Waals surface area contributed by atoms with Gasteiger partial charge in [-0.3, -0.25) is 4.90 Å². The maximum absolute atomic E-state index is 14.2. The number of halogens is 3. The van der Waals surface area contributed by atoms with Crippen LogP contribution < -0.4 is 15.5 Å². The molecule has 14 heteroatoms. The van der Waals surface area contributed by atoms with Gasteiger partial charge in [0.05, 0.1) is 40.5 Å². The molecule has 1 aromatic carbocycles. The van der Waals surface area contributed by atoms with E-state index in [1.54, 1.807) is 0 Å². The average Bonchev–Trinajstić information content (AvgIpc) is 3.70. The van der Waals surface area contributed by atoms with Crippen molar-refractivity contribution in [2.24, 2.45) is 0 Å². The van der Waals surface area contributed by atoms with Gasteiger partial charge in [-0.25, -0.2) is 18.4 Å². The molecule has 230 valence electrons. The first-order valence-electron chi connectivity index (χ1n) is 14.6. The van der Waals surface area contributed by atoms with E-state index < -0.39 is 21.6 Å². The van der Waals surface area contributed by atoms with Gasteiger partial charge in [-0.05, 0) is 55.5 Å². The Hall–Kier alpha value is -2.78. The van der Waals surface area contributed by atoms with Gasteiger partial charge in [0.1, 0.15) is 5.56 Å². The number of sulfone groups is 1. The van der Waals surface area contributed by atoms with Gasteiger partial charge in [0.2, 0.25) is 5.95 Å². The second-order valence-electron chi connectivity index (χ2n) is 11.8. The SMILES string of the molecule is C[C@@H]1CN(c2ccc(Nc3ncc(C(F)(F)F)c(-c4cc5c(s4)CN(C4COC4)CCS5(=O)=O)n3)c(C3CC3)c2)CCN1. The van der Waals surface area contributed by atoms with Crippen LogP contribution in [0.3, 0.4) is 0 Å². The number of hydrogen-bond acceptors (Lipinski definition) is 10. The van der Waals surface area contributed by atoms with Crippen molar-refractivity contribution in [1.82, 2.24) is 20.2 Å². The van der Waals surface area contributed by atoms with Crippen LogP contribution in [0.2, 0.25) is 0 Å². The third-order valence-corrected chi connectivity index (χ3v) is 11.6. The number of ether oxygens (including phenoxy) is 1. The second-order valence-corrected chi connectivity index (χ2v) is 15.0. The number of hydrogen-bond donors (Lipinski definition) is 2. The molecule has 0 unspecified atom stereocenters. The molecule has 7 rings (SSSR count). The lowest BCUT2D eigenvalue weighted by Gasteiger charge is -2.36. The molecule has 1 atom stereocenters. The second kappa shape index (κ2) is 11.0. The molecule has 2 saturated heterocycles. The summed E-state index contributed by atoms with van der Waals surface area (Å²) < 4.78 is 74.2. The van der Waals surface area contributed by atoms with Crippen molar-refractivity contribution < 1.29 is 26.3 Å². The first-order valence-corrected chi connectivity index (χ1v) is 17.0. The lowest BCUT2D eigenvalue weighted by molar-refractivity contribution is -0.137. The fourth-order valence-corrected chi connectivity index (χ4v) is 9.04. The highest BCUT2D eigenvalue weighted by atomic mass is 32.2. The van der Waals surface area contributed by atoms with Crippen molar-refractivity contribution in [3.63, 3.8) is 0 Å². The van der Waals surface area contributed by atoms with Crippen LogP contribution in [0, 0.1) is 0 Å². The maximum Gasteiger partial charge on any atom is 0.420 e. The molecule has 0 radical (unpaired) electrons. The highest BCUT2D eigenvalue weighted by Crippen LogP contribution is 2.46. The van der Waals surface area contributed by atoms with Crippen LogP contribution in [0.15, 0.2) is 35.4 Å². The molecule has 3 aliphatic heterocycles. The summed E-state index contributed by atoms with van der Waals surface area (Å²) in [6, 6.07) is 7.99. The fraction of sp³-hybridized carbons (Fsp3) is 0.517. The zero-order chi connectivity index (χ0) is 29.9. The Morgan fingerprint density at radius 3 is 2.67 bits per heavy atom. The first kappa shape index (κ1) is 29.0. The molecule has 3 aromatic rings. The van der Waals surface area contributed by atoms with Gasteiger partial charge in [-0.15, -0.1) is 11.3 Å². The van der Waals surface area contributed by atoms with E-state index in [2.05, 4.69) is 38.5 Å². The lowest BCUT2D eigenvalue weighted by Crippen LogP contribution is -2.49. The summed E-state index contributed by atoms with van der Waals surface area (Å²) >= 11 is 1.05. The van der Waals surface area contributed by atoms with E-state index in [1.165, 1.54) is 6.07 Å². The summed E-state index contributed by atoms with van der Waals surface area (Å²) in [6.45, 7) is 6.60. The van der Waals surface area contributed by atoms with Crippen molar-refractivity contribution in [3.05, 3.63) is 46.5 Å². The third kappa shape index (κ3) is 5.87. The zero-order valence-corrected chi connectivity index (χ0v) is 25.3. The topological polar surface area (TPSA) is 99.7 Å². The number of fused-ring (bicyclic) bond motifs is 1. The zero-order valence-electron chi connectivity index (χ0n) is 23.7. The molecule has 2 aromatic heterocycles. The van der Waals surface area contributed by atoms with Gasteiger partial charge in [-0.2, -0.15) is 13.2 Å². The molecular weight excluding hydrogens is 601 g/mol. The molecule has 43 heavy (non-hydrogen) atoms. The van der Waals surface area contributed by atoms with Crippen LogP contribution in [-0.4, -0.2) is 80.5 Å². The molecule has 0 bridgehead atoms. The molecule has 1 saturated carbocycles. The van der Waals surface area contributed by atoms with Crippen molar-refractivity contribution in [2.45, 2.75) is 55.4 Å². The minimum atomic E-state index is -4.72. The average molecular weight is 635 g/mol. The molecule has 3 fully saturated rings. The summed E-state index contributed by atoms with van der Waals surface area (Å²) in [5.74, 6) is 0.314. The summed E-state index contributed by atoms with van der Waals surface area (Å²) in [5.41, 5.74) is 1.67. The van der Waals surface area contributed by atoms with Crippen LogP contribution in [-0.2, 0) is 27.3 Å². The molecule has 0 spiro atoms. The van der Waals surface area contributed by atoms with E-state index in [9.17, 15) is 21.6 Å². The van der Waals surface area contributed by atoms with E-state index in [0.717, 1.165) is 66.9 Å². The monoisotopic (exact) mass is 634 g/mol. The predicted octanol–water partition coefficient (Wildman–Crippen LogP) is 4.63. The number of alkyl halides is 3. The molecule has 5 heterocycles. The van der Waals surface area contributed by atoms with Gasteiger partial charge in [0, 0.05) is 61.2 Å². The van der Waals surface area contributed by atoms with Crippen LogP contribution in [0.5, 0.6) is 0 Å². The highest BCUT2D eigenvalue weighted by Gasteiger charge is 2.38. The number of rotatable bonds is 6. The first-order chi connectivity index (χ1) is 20.5. The van der Waals surface area contributed by atoms with Crippen LogP contribution >= 0.6 is 11.3 Å². The van der Waals surface area contributed by atoms with Crippen LogP contribution in [0.25, 0.3) is 10.6 Å². The summed E-state index contributed by atoms with van der Waals surface area (Å²) in [4.78, 5) is 13.6. The Morgan fingerprint density at radius 2 is 1.98 bits per heavy atom. The van der Waals surface area contributed by atoms with Gasteiger partial charge in [0.15, 0.2) is 9.84 Å². The Kier molecular flexibility index (Phi) is 7.40. The smallest absolute Gasteiger partial charge is 0.378 e. The Bertz CT molecular complexity index is 1640. The summed E-state index contributed by atoms with van der Waals surface area (Å²) in [6.07, 6.45) is -1.83. The number of nitrogens with zero attached hydrogens (tertiary/aromatic N) is 4. The molecule has 4 aliphatic rings. The molecule has 2 N–H and O–H groups in total. The van der Waals surface area contributed by atoms with Gasteiger partial charge >= 0.3 is 6.18 Å². The standard InChI is InChI=1S/C29H33F3N6O3S2/c1-17-13-37(7-6-33-17)19-4-5-23(21(10-19)18-2-3-18)35-28-34-12-22(29(30,31)32)27(36-28)24-11-26-25(42-24)14-38(20-15-41-16-20)8-9-43(26,39)40/h4-5,10-12,17-18,20,33H,2-3,6-9,13-16H2,1H3,(H,34,35,36)/t17-/m1/s1. The van der Waals surface area contributed by atoms with Gasteiger partial charge in [0.25, 0.3) is 0 Å². The highest BCUT2D eigenvalue weighted by molar-refractivity contribution is 7.91. The number of piperazine rings is 1. The van der Waals surface area contributed by atoms with Crippen molar-refractivity contribution >= 4 is 38.5 Å². The van der Waals surface area contributed by atoms with Gasteiger partial charge in [-0.1, -0.05) is 0 Å².